The first kappa shape index (κ1) is 12.4. The highest BCUT2D eigenvalue weighted by molar-refractivity contribution is 5.92. The van der Waals surface area contributed by atoms with E-state index in [0.29, 0.717) is 18.1 Å². The number of methoxy groups -OCH3 is 1. The molecule has 0 spiro atoms. The molecule has 1 heterocycles. The number of nitrogen functional groups attached to an aromatic ring is 1. The topological polar surface area (TPSA) is 77.2 Å². The molecule has 5 nitrogen and oxygen atoms in total. The maximum absolute atomic E-state index is 11.8. The lowest BCUT2D eigenvalue weighted by Gasteiger charge is -2.15. The van der Waals surface area contributed by atoms with E-state index < -0.39 is 0 Å². The van der Waals surface area contributed by atoms with Crippen LogP contribution in [0.15, 0.2) is 18.2 Å². The van der Waals surface area contributed by atoms with Crippen LogP contribution >= 0.6 is 0 Å². The van der Waals surface area contributed by atoms with Crippen LogP contribution in [0.1, 0.15) is 23.8 Å². The number of hydrogen-bond acceptors (Lipinski definition) is 4. The number of nitrogens with one attached hydrogen (secondary N) is 1. The first-order valence-electron chi connectivity index (χ1n) is 5.19. The summed E-state index contributed by atoms with van der Waals surface area (Å²) in [6.45, 7) is 2.47. The van der Waals surface area contributed by atoms with Crippen LogP contribution in [0.2, 0.25) is 0 Å². The largest absolute Gasteiger partial charge is 0.384 e. The molecular weight excluding hydrogens is 206 g/mol. The third-order valence-electron chi connectivity index (χ3n) is 2.20. The fraction of sp³-hybridized carbons (Fsp3) is 0.455. The maximum Gasteiger partial charge on any atom is 0.270 e. The van der Waals surface area contributed by atoms with Gasteiger partial charge < -0.3 is 15.8 Å². The Balaban J connectivity index is 2.64. The van der Waals surface area contributed by atoms with Crippen molar-refractivity contribution in [3.05, 3.63) is 23.9 Å². The summed E-state index contributed by atoms with van der Waals surface area (Å²) < 4.78 is 5.00. The number of pyridine rings is 1. The summed E-state index contributed by atoms with van der Waals surface area (Å²) >= 11 is 0. The summed E-state index contributed by atoms with van der Waals surface area (Å²) in [5.74, 6) is 0.114. The Kier molecular flexibility index (Phi) is 4.72. The average molecular weight is 223 g/mol. The number of nitrogens with zero attached hydrogens (tertiary/aromatic N) is 1. The molecule has 1 aromatic heterocycles. The molecule has 1 aromatic rings. The Hall–Kier alpha value is -1.62. The van der Waals surface area contributed by atoms with Crippen LogP contribution in [-0.4, -0.2) is 30.6 Å². The van der Waals surface area contributed by atoms with Gasteiger partial charge in [0.25, 0.3) is 5.91 Å². The van der Waals surface area contributed by atoms with E-state index in [-0.39, 0.29) is 11.9 Å². The van der Waals surface area contributed by atoms with Crippen molar-refractivity contribution in [1.29, 1.82) is 0 Å². The lowest BCUT2D eigenvalue weighted by Crippen LogP contribution is -2.37. The van der Waals surface area contributed by atoms with Crippen molar-refractivity contribution in [2.75, 3.05) is 19.5 Å². The van der Waals surface area contributed by atoms with Gasteiger partial charge in [-0.3, -0.25) is 4.79 Å². The lowest BCUT2D eigenvalue weighted by atomic mass is 10.2. The molecule has 0 radical (unpaired) electrons. The molecule has 3 N–H and O–H groups in total. The number of aromatic nitrogens is 1. The van der Waals surface area contributed by atoms with Gasteiger partial charge in [0, 0.05) is 7.11 Å². The van der Waals surface area contributed by atoms with Crippen LogP contribution in [0, 0.1) is 0 Å². The van der Waals surface area contributed by atoms with E-state index in [1.807, 2.05) is 6.92 Å². The minimum absolute atomic E-state index is 0.000676. The SMILES string of the molecule is CCC(COC)NC(=O)c1cccc(N)n1. The Morgan fingerprint density at radius 1 is 1.62 bits per heavy atom. The van der Waals surface area contributed by atoms with Crippen molar-refractivity contribution < 1.29 is 9.53 Å². The minimum atomic E-state index is -0.226. The molecule has 0 fully saturated rings. The highest BCUT2D eigenvalue weighted by atomic mass is 16.5. The summed E-state index contributed by atoms with van der Waals surface area (Å²) in [7, 11) is 1.60. The third-order valence-corrected chi connectivity index (χ3v) is 2.20. The van der Waals surface area contributed by atoms with E-state index in [9.17, 15) is 4.79 Å². The van der Waals surface area contributed by atoms with Gasteiger partial charge in [0.1, 0.15) is 11.5 Å². The number of hydrogen-bond donors (Lipinski definition) is 2. The molecule has 0 bridgehead atoms. The Morgan fingerprint density at radius 3 is 2.94 bits per heavy atom. The van der Waals surface area contributed by atoms with Crippen molar-refractivity contribution in [1.82, 2.24) is 10.3 Å². The van der Waals surface area contributed by atoms with E-state index in [1.165, 1.54) is 0 Å². The summed E-state index contributed by atoms with van der Waals surface area (Å²) in [5.41, 5.74) is 5.83. The van der Waals surface area contributed by atoms with Gasteiger partial charge in [-0.15, -0.1) is 0 Å². The third kappa shape index (κ3) is 3.51. The number of ether oxygens (including phenoxy) is 1. The second-order valence-corrected chi connectivity index (χ2v) is 3.48. The predicted octanol–water partition coefficient (Wildman–Crippen LogP) is 0.819. The normalized spacial score (nSPS) is 12.1. The smallest absolute Gasteiger partial charge is 0.270 e. The monoisotopic (exact) mass is 223 g/mol. The molecule has 0 aromatic carbocycles. The second kappa shape index (κ2) is 6.07. The van der Waals surface area contributed by atoms with Crippen molar-refractivity contribution >= 4 is 11.7 Å². The molecule has 0 aliphatic heterocycles. The van der Waals surface area contributed by atoms with Gasteiger partial charge in [-0.2, -0.15) is 0 Å². The fourth-order valence-electron chi connectivity index (χ4n) is 1.30. The number of carbonyl (C=O) groups is 1. The summed E-state index contributed by atoms with van der Waals surface area (Å²) in [5, 5.41) is 2.83. The van der Waals surface area contributed by atoms with Crippen molar-refractivity contribution in [2.45, 2.75) is 19.4 Å². The fourth-order valence-corrected chi connectivity index (χ4v) is 1.30. The molecule has 0 aliphatic rings. The van der Waals surface area contributed by atoms with E-state index in [1.54, 1.807) is 25.3 Å². The number of nitrogens with two attached hydrogens (primary N) is 1. The second-order valence-electron chi connectivity index (χ2n) is 3.48. The molecule has 1 unspecified atom stereocenters. The van der Waals surface area contributed by atoms with Crippen LogP contribution in [0.3, 0.4) is 0 Å². The number of amides is 1. The number of rotatable bonds is 5. The van der Waals surface area contributed by atoms with E-state index in [0.717, 1.165) is 6.42 Å². The average Bonchev–Trinajstić information content (AvgIpc) is 2.28. The Bertz CT molecular complexity index is 355. The standard InChI is InChI=1S/C11H17N3O2/c1-3-8(7-16-2)13-11(15)9-5-4-6-10(12)14-9/h4-6,8H,3,7H2,1-2H3,(H2,12,14)(H,13,15). The van der Waals surface area contributed by atoms with E-state index in [2.05, 4.69) is 10.3 Å². The predicted molar refractivity (Wildman–Crippen MR) is 62.1 cm³/mol. The van der Waals surface area contributed by atoms with E-state index >= 15 is 0 Å². The zero-order chi connectivity index (χ0) is 12.0. The maximum atomic E-state index is 11.8. The molecule has 0 saturated carbocycles. The summed E-state index contributed by atoms with van der Waals surface area (Å²) in [4.78, 5) is 15.7. The van der Waals surface area contributed by atoms with Crippen molar-refractivity contribution in [2.24, 2.45) is 0 Å². The van der Waals surface area contributed by atoms with Crippen LogP contribution < -0.4 is 11.1 Å². The zero-order valence-electron chi connectivity index (χ0n) is 9.56. The van der Waals surface area contributed by atoms with Crippen molar-refractivity contribution in [3.63, 3.8) is 0 Å². The van der Waals surface area contributed by atoms with Gasteiger partial charge in [0.05, 0.1) is 12.6 Å². The van der Waals surface area contributed by atoms with Gasteiger partial charge in [0.2, 0.25) is 0 Å². The summed E-state index contributed by atoms with van der Waals surface area (Å²) in [6.07, 6.45) is 0.807. The number of carbonyl (C=O) groups excluding carboxylic acids is 1. The van der Waals surface area contributed by atoms with Crippen molar-refractivity contribution in [3.8, 4) is 0 Å². The van der Waals surface area contributed by atoms with Crippen LogP contribution in [0.4, 0.5) is 5.82 Å². The minimum Gasteiger partial charge on any atom is -0.384 e. The van der Waals surface area contributed by atoms with Gasteiger partial charge in [-0.1, -0.05) is 13.0 Å². The molecular formula is C11H17N3O2. The molecule has 1 rings (SSSR count). The van der Waals surface area contributed by atoms with Gasteiger partial charge in [-0.25, -0.2) is 4.98 Å². The molecule has 1 amide bonds. The molecule has 16 heavy (non-hydrogen) atoms. The Labute approximate surface area is 95.0 Å². The van der Waals surface area contributed by atoms with Gasteiger partial charge in [-0.05, 0) is 18.6 Å². The van der Waals surface area contributed by atoms with Crippen LogP contribution in [0.25, 0.3) is 0 Å². The first-order chi connectivity index (χ1) is 7.67. The molecule has 0 aliphatic carbocycles. The first-order valence-corrected chi connectivity index (χ1v) is 5.19. The number of anilines is 1. The van der Waals surface area contributed by atoms with Crippen LogP contribution in [-0.2, 0) is 4.74 Å². The highest BCUT2D eigenvalue weighted by Gasteiger charge is 2.12. The molecule has 88 valence electrons. The molecule has 5 heteroatoms. The molecule has 0 saturated heterocycles. The lowest BCUT2D eigenvalue weighted by molar-refractivity contribution is 0.0890. The Morgan fingerprint density at radius 2 is 2.38 bits per heavy atom. The zero-order valence-corrected chi connectivity index (χ0v) is 9.56. The highest BCUT2D eigenvalue weighted by Crippen LogP contribution is 2.01. The van der Waals surface area contributed by atoms with Gasteiger partial charge >= 0.3 is 0 Å². The molecule has 1 atom stereocenters. The van der Waals surface area contributed by atoms with Gasteiger partial charge in [0.15, 0.2) is 0 Å². The summed E-state index contributed by atoms with van der Waals surface area (Å²) in [6, 6.07) is 4.98. The van der Waals surface area contributed by atoms with E-state index in [4.69, 9.17) is 10.5 Å². The quantitative estimate of drug-likeness (QED) is 0.774. The van der Waals surface area contributed by atoms with Crippen LogP contribution in [0.5, 0.6) is 0 Å².